The zero-order chi connectivity index (χ0) is 15.7. The van der Waals surface area contributed by atoms with Gasteiger partial charge in [-0.25, -0.2) is 4.79 Å². The molecule has 0 radical (unpaired) electrons. The van der Waals surface area contributed by atoms with Gasteiger partial charge in [-0.15, -0.1) is 0 Å². The first-order valence-corrected chi connectivity index (χ1v) is 7.66. The molecule has 0 heterocycles. The predicted octanol–water partition coefficient (Wildman–Crippen LogP) is 2.72. The van der Waals surface area contributed by atoms with E-state index >= 15 is 0 Å². The Labute approximate surface area is 128 Å². The highest BCUT2D eigenvalue weighted by Gasteiger charge is 2.19. The molecule has 0 saturated carbocycles. The Morgan fingerprint density at radius 2 is 1.90 bits per heavy atom. The number of carbonyl (C=O) groups excluding carboxylic acids is 1. The average molecular weight is 292 g/mol. The number of amides is 2. The van der Waals surface area contributed by atoms with E-state index in [1.807, 2.05) is 25.1 Å². The fourth-order valence-corrected chi connectivity index (χ4v) is 2.15. The molecule has 1 unspecified atom stereocenters. The number of aliphatic hydroxyl groups is 1. The zero-order valence-corrected chi connectivity index (χ0v) is 13.4. The second kappa shape index (κ2) is 8.67. The van der Waals surface area contributed by atoms with Gasteiger partial charge in [0.1, 0.15) is 0 Å². The van der Waals surface area contributed by atoms with Gasteiger partial charge in [-0.05, 0) is 30.2 Å². The molecule has 0 bridgehead atoms. The summed E-state index contributed by atoms with van der Waals surface area (Å²) in [6.07, 6.45) is 1.90. The van der Waals surface area contributed by atoms with Crippen LogP contribution in [0.4, 0.5) is 4.79 Å². The molecule has 3 N–H and O–H groups in total. The Morgan fingerprint density at radius 3 is 2.52 bits per heavy atom. The van der Waals surface area contributed by atoms with Gasteiger partial charge in [-0.2, -0.15) is 0 Å². The molecule has 1 rings (SSSR count). The molecule has 0 spiro atoms. The Morgan fingerprint density at radius 1 is 1.24 bits per heavy atom. The smallest absolute Gasteiger partial charge is 0.314 e. The molecule has 0 aliphatic heterocycles. The molecule has 0 aromatic heterocycles. The lowest BCUT2D eigenvalue weighted by Crippen LogP contribution is -2.42. The number of nitrogens with one attached hydrogen (secondary N) is 2. The highest BCUT2D eigenvalue weighted by molar-refractivity contribution is 5.73. The van der Waals surface area contributed by atoms with Crippen molar-refractivity contribution in [2.45, 2.75) is 46.1 Å². The van der Waals surface area contributed by atoms with Crippen LogP contribution in [-0.4, -0.2) is 30.3 Å². The second-order valence-electron chi connectivity index (χ2n) is 6.29. The lowest BCUT2D eigenvalue weighted by molar-refractivity contribution is 0.160. The standard InChI is InChI=1S/C17H28N2O2/c1-4-15(20)10-11-18-16(21)19-13-17(2,3)12-14-8-6-5-7-9-14/h5-9,15,20H,4,10-13H2,1-3H3,(H2,18,19,21). The van der Waals surface area contributed by atoms with Crippen molar-refractivity contribution in [1.82, 2.24) is 10.6 Å². The minimum Gasteiger partial charge on any atom is -0.393 e. The van der Waals surface area contributed by atoms with Crippen molar-refractivity contribution in [1.29, 1.82) is 0 Å². The molecular formula is C17H28N2O2. The van der Waals surface area contributed by atoms with Crippen LogP contribution < -0.4 is 10.6 Å². The topological polar surface area (TPSA) is 61.4 Å². The Kier molecular flexibility index (Phi) is 7.23. The number of urea groups is 1. The summed E-state index contributed by atoms with van der Waals surface area (Å²) in [7, 11) is 0. The molecule has 0 aliphatic rings. The first-order valence-electron chi connectivity index (χ1n) is 7.66. The van der Waals surface area contributed by atoms with Crippen LogP contribution in [-0.2, 0) is 6.42 Å². The van der Waals surface area contributed by atoms with Gasteiger partial charge < -0.3 is 15.7 Å². The Bertz CT molecular complexity index is 418. The van der Waals surface area contributed by atoms with Crippen molar-refractivity contribution in [3.8, 4) is 0 Å². The summed E-state index contributed by atoms with van der Waals surface area (Å²) in [6, 6.07) is 10.1. The minimum absolute atomic E-state index is 0.00161. The molecule has 1 aromatic rings. The van der Waals surface area contributed by atoms with Gasteiger partial charge in [-0.3, -0.25) is 0 Å². The van der Waals surface area contributed by atoms with Gasteiger partial charge >= 0.3 is 6.03 Å². The molecule has 2 amide bonds. The maximum Gasteiger partial charge on any atom is 0.314 e. The van der Waals surface area contributed by atoms with E-state index in [1.54, 1.807) is 0 Å². The summed E-state index contributed by atoms with van der Waals surface area (Å²) in [5, 5.41) is 15.1. The van der Waals surface area contributed by atoms with E-state index < -0.39 is 0 Å². The number of rotatable bonds is 8. The molecular weight excluding hydrogens is 264 g/mol. The van der Waals surface area contributed by atoms with Gasteiger partial charge in [0.25, 0.3) is 0 Å². The first-order chi connectivity index (χ1) is 9.93. The van der Waals surface area contributed by atoms with Crippen molar-refractivity contribution in [3.63, 3.8) is 0 Å². The van der Waals surface area contributed by atoms with Crippen LogP contribution >= 0.6 is 0 Å². The molecule has 0 aliphatic carbocycles. The number of hydrogen-bond acceptors (Lipinski definition) is 2. The third-order valence-corrected chi connectivity index (χ3v) is 3.49. The maximum atomic E-state index is 11.7. The third kappa shape index (κ3) is 7.71. The van der Waals surface area contributed by atoms with Crippen LogP contribution in [0.1, 0.15) is 39.2 Å². The van der Waals surface area contributed by atoms with E-state index in [1.165, 1.54) is 5.56 Å². The lowest BCUT2D eigenvalue weighted by Gasteiger charge is -2.25. The summed E-state index contributed by atoms with van der Waals surface area (Å²) in [5.74, 6) is 0. The molecule has 4 nitrogen and oxygen atoms in total. The molecule has 4 heteroatoms. The summed E-state index contributed by atoms with van der Waals surface area (Å²) in [4.78, 5) is 11.7. The highest BCUT2D eigenvalue weighted by atomic mass is 16.3. The molecule has 0 saturated heterocycles. The Hall–Kier alpha value is -1.55. The third-order valence-electron chi connectivity index (χ3n) is 3.49. The minimum atomic E-state index is -0.333. The largest absolute Gasteiger partial charge is 0.393 e. The molecule has 1 atom stereocenters. The quantitative estimate of drug-likeness (QED) is 0.690. The van der Waals surface area contributed by atoms with Gasteiger partial charge in [0.15, 0.2) is 0 Å². The molecule has 0 fully saturated rings. The van der Waals surface area contributed by atoms with E-state index in [9.17, 15) is 9.90 Å². The number of aliphatic hydroxyl groups excluding tert-OH is 1. The van der Waals surface area contributed by atoms with E-state index in [2.05, 4.69) is 36.6 Å². The first kappa shape index (κ1) is 17.5. The van der Waals surface area contributed by atoms with Crippen molar-refractivity contribution >= 4 is 6.03 Å². The van der Waals surface area contributed by atoms with Crippen LogP contribution in [0.15, 0.2) is 30.3 Å². The SMILES string of the molecule is CCC(O)CCNC(=O)NCC(C)(C)Cc1ccccc1. The summed E-state index contributed by atoms with van der Waals surface area (Å²) in [6.45, 7) is 7.32. The van der Waals surface area contributed by atoms with Crippen LogP contribution in [0.5, 0.6) is 0 Å². The summed E-state index contributed by atoms with van der Waals surface area (Å²) in [5.41, 5.74) is 1.28. The van der Waals surface area contributed by atoms with E-state index in [4.69, 9.17) is 0 Å². The average Bonchev–Trinajstić information content (AvgIpc) is 2.45. The molecule has 118 valence electrons. The van der Waals surface area contributed by atoms with Gasteiger partial charge in [-0.1, -0.05) is 51.1 Å². The van der Waals surface area contributed by atoms with Gasteiger partial charge in [0.05, 0.1) is 6.10 Å². The highest BCUT2D eigenvalue weighted by Crippen LogP contribution is 2.20. The number of benzene rings is 1. The van der Waals surface area contributed by atoms with Gasteiger partial charge in [0, 0.05) is 13.1 Å². The van der Waals surface area contributed by atoms with E-state index in [-0.39, 0.29) is 17.6 Å². The normalized spacial score (nSPS) is 12.8. The molecule has 1 aromatic carbocycles. The monoisotopic (exact) mass is 292 g/mol. The van der Waals surface area contributed by atoms with Crippen LogP contribution in [0.3, 0.4) is 0 Å². The summed E-state index contributed by atoms with van der Waals surface area (Å²) < 4.78 is 0. The fraction of sp³-hybridized carbons (Fsp3) is 0.588. The zero-order valence-electron chi connectivity index (χ0n) is 13.4. The van der Waals surface area contributed by atoms with Crippen LogP contribution in [0, 0.1) is 5.41 Å². The fourth-order valence-electron chi connectivity index (χ4n) is 2.15. The second-order valence-corrected chi connectivity index (χ2v) is 6.29. The van der Waals surface area contributed by atoms with Crippen molar-refractivity contribution in [2.24, 2.45) is 5.41 Å². The lowest BCUT2D eigenvalue weighted by atomic mass is 9.86. The van der Waals surface area contributed by atoms with Crippen LogP contribution in [0.2, 0.25) is 0 Å². The Balaban J connectivity index is 2.27. The van der Waals surface area contributed by atoms with Crippen molar-refractivity contribution < 1.29 is 9.90 Å². The van der Waals surface area contributed by atoms with E-state index in [0.717, 1.165) is 6.42 Å². The number of carbonyl (C=O) groups is 1. The predicted molar refractivity (Wildman–Crippen MR) is 86.2 cm³/mol. The van der Waals surface area contributed by atoms with Crippen molar-refractivity contribution in [3.05, 3.63) is 35.9 Å². The number of hydrogen-bond donors (Lipinski definition) is 3. The summed E-state index contributed by atoms with van der Waals surface area (Å²) >= 11 is 0. The van der Waals surface area contributed by atoms with E-state index in [0.29, 0.717) is 25.9 Å². The molecule has 21 heavy (non-hydrogen) atoms. The van der Waals surface area contributed by atoms with Crippen LogP contribution in [0.25, 0.3) is 0 Å². The van der Waals surface area contributed by atoms with Crippen molar-refractivity contribution in [2.75, 3.05) is 13.1 Å². The van der Waals surface area contributed by atoms with Gasteiger partial charge in [0.2, 0.25) is 0 Å². The maximum absolute atomic E-state index is 11.7.